The molecule has 110 valence electrons. The summed E-state index contributed by atoms with van der Waals surface area (Å²) >= 11 is 0. The van der Waals surface area contributed by atoms with Crippen LogP contribution < -0.4 is 5.32 Å². The van der Waals surface area contributed by atoms with Crippen LogP contribution in [-0.2, 0) is 11.3 Å². The van der Waals surface area contributed by atoms with Crippen LogP contribution in [-0.4, -0.2) is 17.6 Å². The molecule has 0 spiro atoms. The minimum atomic E-state index is -0.622. The topological polar surface area (TPSA) is 49.3 Å². The van der Waals surface area contributed by atoms with Gasteiger partial charge >= 0.3 is 5.97 Å². The maximum atomic E-state index is 11.3. The van der Waals surface area contributed by atoms with Crippen LogP contribution in [0.15, 0.2) is 18.2 Å². The van der Waals surface area contributed by atoms with Gasteiger partial charge in [0.05, 0.1) is 5.92 Å². The summed E-state index contributed by atoms with van der Waals surface area (Å²) in [6, 6.07) is 6.34. The van der Waals surface area contributed by atoms with E-state index in [0.29, 0.717) is 0 Å². The molecule has 1 aliphatic carbocycles. The van der Waals surface area contributed by atoms with Gasteiger partial charge in [-0.05, 0) is 55.8 Å². The lowest BCUT2D eigenvalue weighted by Gasteiger charge is -2.28. The molecule has 2 unspecified atom stereocenters. The second-order valence-corrected chi connectivity index (χ2v) is 5.99. The number of nitrogens with one attached hydrogen (secondary N) is 1. The number of carboxylic acids is 1. The zero-order valence-corrected chi connectivity index (χ0v) is 12.5. The van der Waals surface area contributed by atoms with Crippen molar-refractivity contribution < 1.29 is 9.90 Å². The molecule has 1 aliphatic rings. The molecule has 0 radical (unpaired) electrons. The maximum Gasteiger partial charge on any atom is 0.306 e. The molecule has 2 N–H and O–H groups in total. The standard InChI is InChI=1S/C17H25NO2/c1-12-6-5-7-13(2)16(12)11-18-10-14-8-3-4-9-15(14)17(19)20/h5-7,14-15,18H,3-4,8-11H2,1-2H3,(H,19,20). The summed E-state index contributed by atoms with van der Waals surface area (Å²) in [7, 11) is 0. The summed E-state index contributed by atoms with van der Waals surface area (Å²) in [5, 5.41) is 12.8. The normalized spacial score (nSPS) is 22.7. The molecule has 0 amide bonds. The monoisotopic (exact) mass is 275 g/mol. The molecule has 1 fully saturated rings. The lowest BCUT2D eigenvalue weighted by molar-refractivity contribution is -0.144. The minimum Gasteiger partial charge on any atom is -0.481 e. The molecule has 1 aromatic rings. The van der Waals surface area contributed by atoms with Crippen molar-refractivity contribution in [2.24, 2.45) is 11.8 Å². The third-order valence-corrected chi connectivity index (χ3v) is 4.58. The molecular formula is C17H25NO2. The molecule has 0 bridgehead atoms. The van der Waals surface area contributed by atoms with Crippen LogP contribution in [0.5, 0.6) is 0 Å². The second-order valence-electron chi connectivity index (χ2n) is 5.99. The zero-order valence-electron chi connectivity index (χ0n) is 12.5. The Bertz CT molecular complexity index is 450. The number of hydrogen-bond acceptors (Lipinski definition) is 2. The average molecular weight is 275 g/mol. The van der Waals surface area contributed by atoms with E-state index in [0.717, 1.165) is 32.4 Å². The Morgan fingerprint density at radius 1 is 1.25 bits per heavy atom. The van der Waals surface area contributed by atoms with Crippen LogP contribution in [0.25, 0.3) is 0 Å². The van der Waals surface area contributed by atoms with Gasteiger partial charge in [-0.15, -0.1) is 0 Å². The van der Waals surface area contributed by atoms with Gasteiger partial charge in [0.25, 0.3) is 0 Å². The Labute approximate surface area is 121 Å². The number of rotatable bonds is 5. The predicted molar refractivity (Wildman–Crippen MR) is 80.7 cm³/mol. The van der Waals surface area contributed by atoms with E-state index in [-0.39, 0.29) is 11.8 Å². The number of hydrogen-bond donors (Lipinski definition) is 2. The van der Waals surface area contributed by atoms with Crippen LogP contribution in [0.3, 0.4) is 0 Å². The van der Waals surface area contributed by atoms with Gasteiger partial charge in [0.15, 0.2) is 0 Å². The highest BCUT2D eigenvalue weighted by atomic mass is 16.4. The van der Waals surface area contributed by atoms with E-state index in [1.165, 1.54) is 23.1 Å². The molecule has 3 heteroatoms. The summed E-state index contributed by atoms with van der Waals surface area (Å²) in [4.78, 5) is 11.3. The van der Waals surface area contributed by atoms with Crippen molar-refractivity contribution in [3.8, 4) is 0 Å². The van der Waals surface area contributed by atoms with Crippen molar-refractivity contribution in [2.45, 2.75) is 46.1 Å². The van der Waals surface area contributed by atoms with Gasteiger partial charge in [0.1, 0.15) is 0 Å². The van der Waals surface area contributed by atoms with Gasteiger partial charge < -0.3 is 10.4 Å². The van der Waals surface area contributed by atoms with Crippen LogP contribution in [0.2, 0.25) is 0 Å². The largest absolute Gasteiger partial charge is 0.481 e. The predicted octanol–water partition coefficient (Wildman–Crippen LogP) is 3.28. The van der Waals surface area contributed by atoms with Gasteiger partial charge in [-0.25, -0.2) is 0 Å². The van der Waals surface area contributed by atoms with E-state index in [2.05, 4.69) is 37.4 Å². The van der Waals surface area contributed by atoms with Crippen LogP contribution >= 0.6 is 0 Å². The molecule has 20 heavy (non-hydrogen) atoms. The van der Waals surface area contributed by atoms with Crippen LogP contribution in [0.4, 0.5) is 0 Å². The first-order chi connectivity index (χ1) is 9.59. The number of aryl methyl sites for hydroxylation is 2. The van der Waals surface area contributed by atoms with Crippen molar-refractivity contribution in [3.05, 3.63) is 34.9 Å². The third-order valence-electron chi connectivity index (χ3n) is 4.58. The number of aliphatic carboxylic acids is 1. The molecule has 0 aromatic heterocycles. The van der Waals surface area contributed by atoms with E-state index in [1.54, 1.807) is 0 Å². The lowest BCUT2D eigenvalue weighted by Crippen LogP contribution is -2.34. The van der Waals surface area contributed by atoms with Gasteiger partial charge in [0.2, 0.25) is 0 Å². The molecule has 0 saturated heterocycles. The first kappa shape index (κ1) is 15.0. The zero-order chi connectivity index (χ0) is 14.5. The summed E-state index contributed by atoms with van der Waals surface area (Å²) in [6.45, 7) is 5.90. The summed E-state index contributed by atoms with van der Waals surface area (Å²) in [5.41, 5.74) is 3.95. The van der Waals surface area contributed by atoms with E-state index >= 15 is 0 Å². The van der Waals surface area contributed by atoms with Gasteiger partial charge in [-0.3, -0.25) is 4.79 Å². The summed E-state index contributed by atoms with van der Waals surface area (Å²) in [5.74, 6) is -0.497. The quantitative estimate of drug-likeness (QED) is 0.867. The van der Waals surface area contributed by atoms with Gasteiger partial charge in [-0.1, -0.05) is 31.0 Å². The smallest absolute Gasteiger partial charge is 0.306 e. The molecule has 2 rings (SSSR count). The molecular weight excluding hydrogens is 250 g/mol. The highest BCUT2D eigenvalue weighted by Gasteiger charge is 2.30. The highest BCUT2D eigenvalue weighted by Crippen LogP contribution is 2.29. The number of carboxylic acid groups (broad SMARTS) is 1. The van der Waals surface area contributed by atoms with Crippen molar-refractivity contribution >= 4 is 5.97 Å². The Balaban J connectivity index is 1.90. The fourth-order valence-corrected chi connectivity index (χ4v) is 3.29. The SMILES string of the molecule is Cc1cccc(C)c1CNCC1CCCCC1C(=O)O. The Kier molecular flexibility index (Phi) is 5.18. The fraction of sp³-hybridized carbons (Fsp3) is 0.588. The third kappa shape index (κ3) is 3.60. The molecule has 1 saturated carbocycles. The Morgan fingerprint density at radius 2 is 1.90 bits per heavy atom. The molecule has 0 heterocycles. The molecule has 3 nitrogen and oxygen atoms in total. The fourth-order valence-electron chi connectivity index (χ4n) is 3.29. The molecule has 0 aliphatic heterocycles. The first-order valence-electron chi connectivity index (χ1n) is 7.58. The van der Waals surface area contributed by atoms with Crippen LogP contribution in [0.1, 0.15) is 42.4 Å². The van der Waals surface area contributed by atoms with Crippen molar-refractivity contribution in [1.82, 2.24) is 5.32 Å². The highest BCUT2D eigenvalue weighted by molar-refractivity contribution is 5.70. The average Bonchev–Trinajstić information content (AvgIpc) is 2.42. The minimum absolute atomic E-state index is 0.158. The molecule has 1 aromatic carbocycles. The van der Waals surface area contributed by atoms with E-state index in [9.17, 15) is 9.90 Å². The van der Waals surface area contributed by atoms with Gasteiger partial charge in [-0.2, -0.15) is 0 Å². The first-order valence-corrected chi connectivity index (χ1v) is 7.58. The summed E-state index contributed by atoms with van der Waals surface area (Å²) in [6.07, 6.45) is 4.10. The number of benzene rings is 1. The van der Waals surface area contributed by atoms with Gasteiger partial charge in [0, 0.05) is 6.54 Å². The Hall–Kier alpha value is -1.35. The van der Waals surface area contributed by atoms with E-state index < -0.39 is 5.97 Å². The van der Waals surface area contributed by atoms with Crippen molar-refractivity contribution in [2.75, 3.05) is 6.54 Å². The maximum absolute atomic E-state index is 11.3. The van der Waals surface area contributed by atoms with Crippen molar-refractivity contribution in [3.63, 3.8) is 0 Å². The lowest BCUT2D eigenvalue weighted by atomic mass is 9.79. The van der Waals surface area contributed by atoms with Crippen LogP contribution in [0, 0.1) is 25.7 Å². The summed E-state index contributed by atoms with van der Waals surface area (Å²) < 4.78 is 0. The number of carbonyl (C=O) groups is 1. The molecule has 2 atom stereocenters. The Morgan fingerprint density at radius 3 is 2.55 bits per heavy atom. The van der Waals surface area contributed by atoms with E-state index in [1.807, 2.05) is 0 Å². The van der Waals surface area contributed by atoms with Crippen molar-refractivity contribution in [1.29, 1.82) is 0 Å². The van der Waals surface area contributed by atoms with E-state index in [4.69, 9.17) is 0 Å². The second kappa shape index (κ2) is 6.89.